The van der Waals surface area contributed by atoms with E-state index in [9.17, 15) is 9.90 Å². The Hall–Kier alpha value is -0.160. The first-order valence-electron chi connectivity index (χ1n) is 4.19. The summed E-state index contributed by atoms with van der Waals surface area (Å²) in [5, 5.41) is 20.5. The van der Waals surface area contributed by atoms with Gasteiger partial charge in [-0.15, -0.1) is 0 Å². The molecular formula is C8H10Cl3NO3. The van der Waals surface area contributed by atoms with Gasteiger partial charge in [0.25, 0.3) is 0 Å². The molecule has 1 amide bonds. The Morgan fingerprint density at radius 3 is 2.53 bits per heavy atom. The summed E-state index contributed by atoms with van der Waals surface area (Å²) >= 11 is 16.8. The van der Waals surface area contributed by atoms with E-state index in [4.69, 9.17) is 39.9 Å². The third-order valence-electron chi connectivity index (χ3n) is 2.20. The van der Waals surface area contributed by atoms with Crippen LogP contribution in [-0.2, 0) is 0 Å². The summed E-state index contributed by atoms with van der Waals surface area (Å²) in [6.07, 6.45) is 1.21. The van der Waals surface area contributed by atoms with E-state index < -0.39 is 21.5 Å². The number of hydrogen-bond acceptors (Lipinski definition) is 2. The number of aliphatic hydroxyl groups excluding tert-OH is 1. The molecule has 1 rings (SSSR count). The number of aliphatic hydroxyl groups is 1. The van der Waals surface area contributed by atoms with E-state index >= 15 is 0 Å². The van der Waals surface area contributed by atoms with Crippen molar-refractivity contribution >= 4 is 40.9 Å². The SMILES string of the molecule is O=C(O)NC1(CC(Cl)(Cl)Cl)C=CCC1O. The maximum absolute atomic E-state index is 10.6. The molecule has 0 aromatic rings. The van der Waals surface area contributed by atoms with E-state index in [-0.39, 0.29) is 6.42 Å². The van der Waals surface area contributed by atoms with Crippen LogP contribution in [0.15, 0.2) is 12.2 Å². The molecule has 0 aromatic carbocycles. The fourth-order valence-electron chi connectivity index (χ4n) is 1.61. The number of carbonyl (C=O) groups is 1. The molecule has 2 atom stereocenters. The van der Waals surface area contributed by atoms with Gasteiger partial charge in [0.05, 0.1) is 11.6 Å². The van der Waals surface area contributed by atoms with Crippen LogP contribution in [-0.4, -0.2) is 31.7 Å². The minimum atomic E-state index is -1.63. The first kappa shape index (κ1) is 12.9. The summed E-state index contributed by atoms with van der Waals surface area (Å²) in [7, 11) is 0. The molecule has 7 heteroatoms. The van der Waals surface area contributed by atoms with Crippen LogP contribution < -0.4 is 5.32 Å². The number of halogens is 3. The fraction of sp³-hybridized carbons (Fsp3) is 0.625. The summed E-state index contributed by atoms with van der Waals surface area (Å²) in [6.45, 7) is 0. The highest BCUT2D eigenvalue weighted by Crippen LogP contribution is 2.39. The number of amides is 1. The Labute approximate surface area is 102 Å². The minimum Gasteiger partial charge on any atom is -0.465 e. The van der Waals surface area contributed by atoms with Gasteiger partial charge in [-0.2, -0.15) is 0 Å². The topological polar surface area (TPSA) is 69.6 Å². The Balaban J connectivity index is 2.87. The number of hydrogen-bond donors (Lipinski definition) is 3. The second-order valence-corrected chi connectivity index (χ2v) is 5.93. The Kier molecular flexibility index (Phi) is 3.76. The molecule has 3 N–H and O–H groups in total. The average molecular weight is 275 g/mol. The summed E-state index contributed by atoms with van der Waals surface area (Å²) in [4.78, 5) is 10.6. The largest absolute Gasteiger partial charge is 0.465 e. The van der Waals surface area contributed by atoms with Crippen LogP contribution in [0, 0.1) is 0 Å². The molecule has 4 nitrogen and oxygen atoms in total. The highest BCUT2D eigenvalue weighted by atomic mass is 35.6. The molecule has 0 bridgehead atoms. The number of alkyl halides is 3. The fourth-order valence-corrected chi connectivity index (χ4v) is 2.27. The van der Waals surface area contributed by atoms with Gasteiger partial charge in [0.15, 0.2) is 3.79 Å². The van der Waals surface area contributed by atoms with Crippen molar-refractivity contribution in [3.05, 3.63) is 12.2 Å². The van der Waals surface area contributed by atoms with Crippen molar-refractivity contribution in [1.29, 1.82) is 0 Å². The van der Waals surface area contributed by atoms with Crippen molar-refractivity contribution in [3.8, 4) is 0 Å². The molecule has 0 spiro atoms. The molecule has 0 fully saturated rings. The summed E-state index contributed by atoms with van der Waals surface area (Å²) < 4.78 is -1.63. The molecule has 86 valence electrons. The number of carboxylic acid groups (broad SMARTS) is 1. The first-order chi connectivity index (χ1) is 6.75. The van der Waals surface area contributed by atoms with E-state index in [1.54, 1.807) is 6.08 Å². The van der Waals surface area contributed by atoms with Crippen LogP contribution >= 0.6 is 34.8 Å². The lowest BCUT2D eigenvalue weighted by atomic mass is 9.92. The van der Waals surface area contributed by atoms with Gasteiger partial charge >= 0.3 is 6.09 Å². The normalized spacial score (nSPS) is 30.5. The molecule has 1 aliphatic carbocycles. The van der Waals surface area contributed by atoms with E-state index in [2.05, 4.69) is 5.32 Å². The standard InChI is InChI=1S/C8H10Cl3NO3/c9-8(10,11)4-7(12-6(14)15)3-1-2-5(7)13/h1,3,5,12-13H,2,4H2,(H,14,15). The lowest BCUT2D eigenvalue weighted by molar-refractivity contribution is 0.0912. The minimum absolute atomic E-state index is 0.116. The van der Waals surface area contributed by atoms with Crippen molar-refractivity contribution in [2.45, 2.75) is 28.3 Å². The van der Waals surface area contributed by atoms with E-state index in [1.807, 2.05) is 0 Å². The van der Waals surface area contributed by atoms with Crippen LogP contribution in [0.1, 0.15) is 12.8 Å². The quantitative estimate of drug-likeness (QED) is 0.533. The number of rotatable bonds is 2. The zero-order valence-electron chi connectivity index (χ0n) is 7.58. The molecule has 0 aromatic heterocycles. The first-order valence-corrected chi connectivity index (χ1v) is 5.32. The van der Waals surface area contributed by atoms with Gasteiger partial charge in [0.2, 0.25) is 0 Å². The smallest absolute Gasteiger partial charge is 0.405 e. The molecule has 0 heterocycles. The highest BCUT2D eigenvalue weighted by molar-refractivity contribution is 6.67. The molecule has 1 aliphatic rings. The van der Waals surface area contributed by atoms with Crippen molar-refractivity contribution in [2.75, 3.05) is 0 Å². The van der Waals surface area contributed by atoms with Gasteiger partial charge in [-0.1, -0.05) is 47.0 Å². The molecule has 15 heavy (non-hydrogen) atoms. The van der Waals surface area contributed by atoms with E-state index in [1.165, 1.54) is 6.08 Å². The van der Waals surface area contributed by atoms with Gasteiger partial charge < -0.3 is 15.5 Å². The Morgan fingerprint density at radius 2 is 2.20 bits per heavy atom. The highest BCUT2D eigenvalue weighted by Gasteiger charge is 2.45. The molecule has 2 unspecified atom stereocenters. The van der Waals surface area contributed by atoms with Crippen LogP contribution in [0.25, 0.3) is 0 Å². The van der Waals surface area contributed by atoms with Crippen molar-refractivity contribution in [1.82, 2.24) is 5.32 Å². The molecule has 0 radical (unpaired) electrons. The van der Waals surface area contributed by atoms with Crippen LogP contribution in [0.2, 0.25) is 0 Å². The third kappa shape index (κ3) is 3.41. The molecular weight excluding hydrogens is 264 g/mol. The van der Waals surface area contributed by atoms with Gasteiger partial charge in [0, 0.05) is 6.42 Å². The maximum Gasteiger partial charge on any atom is 0.405 e. The molecule has 0 aliphatic heterocycles. The van der Waals surface area contributed by atoms with Crippen molar-refractivity contribution in [2.24, 2.45) is 0 Å². The maximum atomic E-state index is 10.6. The van der Waals surface area contributed by atoms with Crippen molar-refractivity contribution < 1.29 is 15.0 Å². The Bertz CT molecular complexity index is 289. The second kappa shape index (κ2) is 4.37. The average Bonchev–Trinajstić information content (AvgIpc) is 2.27. The summed E-state index contributed by atoms with van der Waals surface area (Å²) in [6, 6.07) is 0. The molecule has 0 saturated carbocycles. The monoisotopic (exact) mass is 273 g/mol. The third-order valence-corrected chi connectivity index (χ3v) is 2.60. The predicted molar refractivity (Wildman–Crippen MR) is 58.6 cm³/mol. The van der Waals surface area contributed by atoms with Crippen molar-refractivity contribution in [3.63, 3.8) is 0 Å². The van der Waals surface area contributed by atoms with Gasteiger partial charge in [-0.25, -0.2) is 4.79 Å². The lowest BCUT2D eigenvalue weighted by Gasteiger charge is -2.34. The zero-order valence-corrected chi connectivity index (χ0v) is 9.85. The predicted octanol–water partition coefficient (Wildman–Crippen LogP) is 2.07. The zero-order chi connectivity index (χ0) is 11.7. The van der Waals surface area contributed by atoms with Gasteiger partial charge in [0.1, 0.15) is 0 Å². The lowest BCUT2D eigenvalue weighted by Crippen LogP contribution is -2.54. The summed E-state index contributed by atoms with van der Waals surface area (Å²) in [5.41, 5.74) is -1.21. The van der Waals surface area contributed by atoms with Crippen LogP contribution in [0.5, 0.6) is 0 Å². The molecule has 0 saturated heterocycles. The van der Waals surface area contributed by atoms with Gasteiger partial charge in [-0.3, -0.25) is 0 Å². The second-order valence-electron chi connectivity index (χ2n) is 3.42. The Morgan fingerprint density at radius 1 is 1.60 bits per heavy atom. The van der Waals surface area contributed by atoms with Gasteiger partial charge in [-0.05, 0) is 6.42 Å². The van der Waals surface area contributed by atoms with E-state index in [0.717, 1.165) is 0 Å². The van der Waals surface area contributed by atoms with E-state index in [0.29, 0.717) is 6.42 Å². The van der Waals surface area contributed by atoms with Crippen LogP contribution in [0.4, 0.5) is 4.79 Å². The van der Waals surface area contributed by atoms with Crippen LogP contribution in [0.3, 0.4) is 0 Å². The number of nitrogens with one attached hydrogen (secondary N) is 1. The summed E-state index contributed by atoms with van der Waals surface area (Å²) in [5.74, 6) is 0.